The van der Waals surface area contributed by atoms with Crippen LogP contribution in [-0.2, 0) is 28.5 Å². The molecule has 3 aliphatic heterocycles. The Morgan fingerprint density at radius 1 is 1.03 bits per heavy atom. The lowest BCUT2D eigenvalue weighted by molar-refractivity contribution is -0.469. The topological polar surface area (TPSA) is 152 Å². The molecule has 4 saturated carbocycles. The van der Waals surface area contributed by atoms with Gasteiger partial charge in [0.05, 0.1) is 23.9 Å². The molecule has 0 radical (unpaired) electrons. The predicted octanol–water partition coefficient (Wildman–Crippen LogP) is 0.972. The van der Waals surface area contributed by atoms with Gasteiger partial charge in [-0.25, -0.2) is 4.79 Å². The van der Waals surface area contributed by atoms with Gasteiger partial charge in [0.2, 0.25) is 12.1 Å². The van der Waals surface area contributed by atoms with Gasteiger partial charge in [0.25, 0.3) is 0 Å². The summed E-state index contributed by atoms with van der Waals surface area (Å²) in [5.74, 6) is -2.97. The quantitative estimate of drug-likeness (QED) is 0.276. The van der Waals surface area contributed by atoms with Crippen LogP contribution >= 0.6 is 0 Å². The summed E-state index contributed by atoms with van der Waals surface area (Å²) in [6, 6.07) is 0. The van der Waals surface area contributed by atoms with Crippen LogP contribution in [0.15, 0.2) is 11.6 Å². The number of hydrogen-bond donors (Lipinski definition) is 4. The van der Waals surface area contributed by atoms with Crippen LogP contribution in [0.4, 0.5) is 0 Å². The fourth-order valence-corrected chi connectivity index (χ4v) is 10.1. The highest BCUT2D eigenvalue weighted by Gasteiger charge is 2.72. The predicted molar refractivity (Wildman–Crippen MR) is 133 cm³/mol. The average molecular weight is 549 g/mol. The summed E-state index contributed by atoms with van der Waals surface area (Å²) >= 11 is 0. The molecule has 6 fully saturated rings. The zero-order valence-corrected chi connectivity index (χ0v) is 22.7. The number of carbonyl (C=O) groups excluding carboxylic acids is 2. The summed E-state index contributed by atoms with van der Waals surface area (Å²) in [4.78, 5) is 26.0. The Kier molecular flexibility index (Phi) is 5.66. The normalized spacial score (nSPS) is 58.4. The number of esters is 1. The smallest absolute Gasteiger partial charge is 0.331 e. The lowest BCUT2D eigenvalue weighted by Crippen LogP contribution is -2.73. The number of hydrogen-bond acceptors (Lipinski definition) is 10. The first-order valence-corrected chi connectivity index (χ1v) is 14.5. The lowest BCUT2D eigenvalue weighted by atomic mass is 9.42. The molecule has 3 heterocycles. The number of carbonyl (C=O) groups is 2. The molecule has 0 spiro atoms. The second kappa shape index (κ2) is 8.33. The molecule has 2 saturated heterocycles. The number of Topliss-reactive ketones (excluding diaryl/α,β-unsaturated/α-hetero) is 1. The highest BCUT2D eigenvalue weighted by atomic mass is 16.8. The number of fused-ring (bicyclic) bond motifs is 7. The van der Waals surface area contributed by atoms with E-state index in [0.29, 0.717) is 25.7 Å². The third-order valence-electron chi connectivity index (χ3n) is 12.2. The third kappa shape index (κ3) is 3.34. The molecule has 10 nitrogen and oxygen atoms in total. The van der Waals surface area contributed by atoms with Crippen molar-refractivity contribution in [1.29, 1.82) is 0 Å². The zero-order chi connectivity index (χ0) is 27.7. The second-order valence-electron chi connectivity index (χ2n) is 13.9. The molecule has 10 heteroatoms. The Morgan fingerprint density at radius 3 is 2.51 bits per heavy atom. The maximum absolute atomic E-state index is 14.1. The second-order valence-corrected chi connectivity index (χ2v) is 13.9. The first-order valence-electron chi connectivity index (χ1n) is 14.5. The number of ether oxygens (including phenoxy) is 4. The van der Waals surface area contributed by atoms with Crippen molar-refractivity contribution in [1.82, 2.24) is 0 Å². The van der Waals surface area contributed by atoms with Gasteiger partial charge in [0.15, 0.2) is 0 Å². The first-order chi connectivity index (χ1) is 18.3. The fraction of sp³-hybridized carbons (Fsp3) is 0.862. The van der Waals surface area contributed by atoms with Gasteiger partial charge in [-0.2, -0.15) is 0 Å². The van der Waals surface area contributed by atoms with Gasteiger partial charge in [-0.05, 0) is 74.2 Å². The van der Waals surface area contributed by atoms with E-state index in [1.54, 1.807) is 6.92 Å². The number of cyclic esters (lactones) is 1. The van der Waals surface area contributed by atoms with Gasteiger partial charge in [-0.15, -0.1) is 0 Å². The van der Waals surface area contributed by atoms with Crippen LogP contribution in [0.1, 0.15) is 65.7 Å². The average Bonchev–Trinajstić information content (AvgIpc) is 3.41. The molecule has 0 unspecified atom stereocenters. The van der Waals surface area contributed by atoms with Crippen molar-refractivity contribution in [2.75, 3.05) is 6.61 Å². The Labute approximate surface area is 227 Å². The molecule has 0 bridgehead atoms. The lowest BCUT2D eigenvalue weighted by Gasteiger charge is -2.64. The minimum Gasteiger partial charge on any atom is -0.458 e. The minimum atomic E-state index is -2.22. The Morgan fingerprint density at radius 2 is 1.79 bits per heavy atom. The van der Waals surface area contributed by atoms with Crippen molar-refractivity contribution < 1.29 is 49.0 Å². The molecular weight excluding hydrogens is 508 g/mol. The van der Waals surface area contributed by atoms with Crippen molar-refractivity contribution >= 4 is 11.8 Å². The Hall–Kier alpha value is -1.40. The van der Waals surface area contributed by atoms with Gasteiger partial charge in [0, 0.05) is 23.8 Å². The van der Waals surface area contributed by atoms with Crippen molar-refractivity contribution in [3.05, 3.63) is 11.6 Å². The minimum absolute atomic E-state index is 0.0806. The van der Waals surface area contributed by atoms with E-state index in [2.05, 4.69) is 6.92 Å². The summed E-state index contributed by atoms with van der Waals surface area (Å²) in [7, 11) is 0. The van der Waals surface area contributed by atoms with Crippen LogP contribution in [0, 0.1) is 34.5 Å². The van der Waals surface area contributed by atoms with E-state index >= 15 is 0 Å². The summed E-state index contributed by atoms with van der Waals surface area (Å²) in [6.45, 7) is 5.96. The highest BCUT2D eigenvalue weighted by Crippen LogP contribution is 2.69. The summed E-state index contributed by atoms with van der Waals surface area (Å²) < 4.78 is 23.2. The fourth-order valence-electron chi connectivity index (χ4n) is 10.1. The first kappa shape index (κ1) is 26.5. The largest absolute Gasteiger partial charge is 0.458 e. The van der Waals surface area contributed by atoms with E-state index in [9.17, 15) is 30.0 Å². The van der Waals surface area contributed by atoms with Crippen LogP contribution in [0.3, 0.4) is 0 Å². The van der Waals surface area contributed by atoms with Crippen LogP contribution in [0.5, 0.6) is 0 Å². The van der Waals surface area contributed by atoms with Gasteiger partial charge in [-0.3, -0.25) is 4.79 Å². The maximum atomic E-state index is 14.1. The van der Waals surface area contributed by atoms with Crippen molar-refractivity contribution in [2.45, 2.75) is 114 Å². The maximum Gasteiger partial charge on any atom is 0.331 e. The Bertz CT molecular complexity index is 1120. The Balaban J connectivity index is 1.19. The monoisotopic (exact) mass is 548 g/mol. The standard InChI is InChI=1S/C29H40O10/c1-13-23(32)24(33)29(35)25(37-13)38-19-9-15-4-5-17-22(26(15,2)11-20(19)39-29)18(30)10-27(3)16(6-7-28(17,27)34)14-8-21(31)36-12-14/h8,13,15-17,19-20,22-25,32-35H,4-7,9-12H2,1-3H3/t13-,15-,16-,17-,19-,20-,22-,23+,24-,25+,26+,27-,28+,29+/m1/s1. The van der Waals surface area contributed by atoms with Crippen molar-refractivity contribution in [2.24, 2.45) is 34.5 Å². The third-order valence-corrected chi connectivity index (χ3v) is 12.2. The molecule has 4 N–H and O–H groups in total. The number of aliphatic hydroxyl groups excluding tert-OH is 2. The van der Waals surface area contributed by atoms with Crippen LogP contribution in [0.25, 0.3) is 0 Å². The van der Waals surface area contributed by atoms with Gasteiger partial charge >= 0.3 is 5.97 Å². The molecular formula is C29H40O10. The summed E-state index contributed by atoms with van der Waals surface area (Å²) in [5.41, 5.74) is -1.34. The van der Waals surface area contributed by atoms with Crippen LogP contribution < -0.4 is 0 Å². The van der Waals surface area contributed by atoms with E-state index in [1.807, 2.05) is 6.92 Å². The molecule has 0 aromatic carbocycles. The molecule has 0 aromatic rings. The van der Waals surface area contributed by atoms with E-state index < -0.39 is 52.9 Å². The van der Waals surface area contributed by atoms with Gasteiger partial charge in [0.1, 0.15) is 24.6 Å². The van der Waals surface area contributed by atoms with Crippen LogP contribution in [-0.4, -0.2) is 87.0 Å². The van der Waals surface area contributed by atoms with E-state index in [0.717, 1.165) is 18.4 Å². The zero-order valence-electron chi connectivity index (χ0n) is 22.7. The van der Waals surface area contributed by atoms with Crippen molar-refractivity contribution in [3.63, 3.8) is 0 Å². The molecule has 4 aliphatic carbocycles. The number of rotatable bonds is 1. The molecule has 216 valence electrons. The van der Waals surface area contributed by atoms with Crippen LogP contribution in [0.2, 0.25) is 0 Å². The summed E-state index contributed by atoms with van der Waals surface area (Å²) in [6.07, 6.45) is -0.230. The molecule has 0 aromatic heterocycles. The molecule has 0 amide bonds. The van der Waals surface area contributed by atoms with E-state index in [-0.39, 0.29) is 54.6 Å². The molecule has 7 aliphatic rings. The summed E-state index contributed by atoms with van der Waals surface area (Å²) in [5, 5.41) is 44.8. The number of aliphatic hydroxyl groups is 4. The van der Waals surface area contributed by atoms with E-state index in [1.165, 1.54) is 6.08 Å². The van der Waals surface area contributed by atoms with Gasteiger partial charge < -0.3 is 39.4 Å². The van der Waals surface area contributed by atoms with Crippen molar-refractivity contribution in [3.8, 4) is 0 Å². The molecule has 39 heavy (non-hydrogen) atoms. The van der Waals surface area contributed by atoms with E-state index in [4.69, 9.17) is 18.9 Å². The molecule has 14 atom stereocenters. The SMILES string of the molecule is C[C@H]1O[C@H]2O[C@@H]3C[C@H]4CC[C@@H]5[C@H](C(=O)C[C@]6(C)[C@@H](C7=CC(=O)OC7)CC[C@]56O)[C@@]4(C)C[C@H]3O[C@@]2(O)[C@H](O)[C@H]1O. The molecule has 7 rings (SSSR count). The van der Waals surface area contributed by atoms with Gasteiger partial charge in [-0.1, -0.05) is 13.8 Å². The number of ketones is 1. The highest BCUT2D eigenvalue weighted by molar-refractivity contribution is 5.86.